The predicted molar refractivity (Wildman–Crippen MR) is 64.8 cm³/mol. The van der Waals surface area contributed by atoms with Crippen molar-refractivity contribution in [3.63, 3.8) is 0 Å². The number of rotatable bonds is 3. The molecular formula is C13H9BrF2O. The summed E-state index contributed by atoms with van der Waals surface area (Å²) in [6.07, 6.45) is 0. The van der Waals surface area contributed by atoms with Crippen molar-refractivity contribution in [3.05, 3.63) is 64.1 Å². The van der Waals surface area contributed by atoms with E-state index in [-0.39, 0.29) is 12.4 Å². The maximum atomic E-state index is 13.2. The zero-order valence-corrected chi connectivity index (χ0v) is 10.4. The summed E-state index contributed by atoms with van der Waals surface area (Å²) in [5.74, 6) is -1.25. The lowest BCUT2D eigenvalue weighted by atomic mass is 10.2. The van der Waals surface area contributed by atoms with Crippen molar-refractivity contribution in [2.24, 2.45) is 0 Å². The Labute approximate surface area is 106 Å². The minimum Gasteiger partial charge on any atom is -0.486 e. The van der Waals surface area contributed by atoms with Gasteiger partial charge in [-0.3, -0.25) is 0 Å². The van der Waals surface area contributed by atoms with Crippen molar-refractivity contribution in [1.82, 2.24) is 0 Å². The molecule has 2 aromatic carbocycles. The number of ether oxygens (including phenoxy) is 1. The molecule has 0 aliphatic rings. The van der Waals surface area contributed by atoms with E-state index in [9.17, 15) is 8.78 Å². The lowest BCUT2D eigenvalue weighted by Gasteiger charge is -2.07. The van der Waals surface area contributed by atoms with E-state index >= 15 is 0 Å². The van der Waals surface area contributed by atoms with Crippen molar-refractivity contribution in [2.45, 2.75) is 6.61 Å². The highest BCUT2D eigenvalue weighted by Gasteiger charge is 2.04. The zero-order valence-electron chi connectivity index (χ0n) is 8.79. The van der Waals surface area contributed by atoms with Crippen LogP contribution in [0.15, 0.2) is 46.9 Å². The second-order valence-corrected chi connectivity index (χ2v) is 4.41. The first kappa shape index (κ1) is 12.0. The summed E-state index contributed by atoms with van der Waals surface area (Å²) >= 11 is 3.32. The average Bonchev–Trinajstić information content (AvgIpc) is 2.30. The van der Waals surface area contributed by atoms with Crippen molar-refractivity contribution in [3.8, 4) is 5.75 Å². The maximum absolute atomic E-state index is 13.2. The van der Waals surface area contributed by atoms with Crippen molar-refractivity contribution in [1.29, 1.82) is 0 Å². The smallest absolute Gasteiger partial charge is 0.167 e. The van der Waals surface area contributed by atoms with Gasteiger partial charge in [0.1, 0.15) is 12.4 Å². The molecule has 17 heavy (non-hydrogen) atoms. The van der Waals surface area contributed by atoms with Crippen molar-refractivity contribution >= 4 is 15.9 Å². The molecule has 0 spiro atoms. The number of benzene rings is 2. The monoisotopic (exact) mass is 298 g/mol. The average molecular weight is 299 g/mol. The minimum atomic E-state index is -0.692. The lowest BCUT2D eigenvalue weighted by Crippen LogP contribution is -1.97. The van der Waals surface area contributed by atoms with Gasteiger partial charge in [0.05, 0.1) is 0 Å². The summed E-state index contributed by atoms with van der Waals surface area (Å²) in [7, 11) is 0. The van der Waals surface area contributed by atoms with E-state index in [1.807, 2.05) is 24.3 Å². The zero-order chi connectivity index (χ0) is 12.3. The van der Waals surface area contributed by atoms with E-state index in [0.717, 1.165) is 16.1 Å². The Morgan fingerprint density at radius 2 is 1.71 bits per heavy atom. The second kappa shape index (κ2) is 5.27. The van der Waals surface area contributed by atoms with Gasteiger partial charge in [-0.05, 0) is 29.8 Å². The van der Waals surface area contributed by atoms with Crippen LogP contribution in [0.1, 0.15) is 5.56 Å². The molecule has 1 nitrogen and oxygen atoms in total. The Bertz CT molecular complexity index is 511. The summed E-state index contributed by atoms with van der Waals surface area (Å²) < 4.78 is 32.1. The highest BCUT2D eigenvalue weighted by molar-refractivity contribution is 9.10. The van der Waals surface area contributed by atoms with E-state index < -0.39 is 11.6 Å². The van der Waals surface area contributed by atoms with Gasteiger partial charge in [0.2, 0.25) is 0 Å². The van der Waals surface area contributed by atoms with Gasteiger partial charge in [0, 0.05) is 10.5 Å². The summed E-state index contributed by atoms with van der Waals surface area (Å²) in [6, 6.07) is 10.7. The molecule has 0 aliphatic carbocycles. The van der Waals surface area contributed by atoms with E-state index in [4.69, 9.17) is 4.74 Å². The maximum Gasteiger partial charge on any atom is 0.167 e. The summed E-state index contributed by atoms with van der Waals surface area (Å²) in [6.45, 7) is 0.246. The molecular weight excluding hydrogens is 290 g/mol. The molecule has 0 unspecified atom stereocenters. The van der Waals surface area contributed by atoms with E-state index in [1.165, 1.54) is 12.1 Å². The molecule has 0 N–H and O–H groups in total. The van der Waals surface area contributed by atoms with Crippen molar-refractivity contribution < 1.29 is 13.5 Å². The van der Waals surface area contributed by atoms with Gasteiger partial charge in [-0.15, -0.1) is 0 Å². The van der Waals surface area contributed by atoms with Gasteiger partial charge in [-0.1, -0.05) is 28.1 Å². The normalized spacial score (nSPS) is 10.3. The summed E-state index contributed by atoms with van der Waals surface area (Å²) in [4.78, 5) is 0. The third-order valence-electron chi connectivity index (χ3n) is 2.20. The molecule has 0 saturated carbocycles. The van der Waals surface area contributed by atoms with Gasteiger partial charge in [0.25, 0.3) is 0 Å². The topological polar surface area (TPSA) is 9.23 Å². The highest BCUT2D eigenvalue weighted by atomic mass is 79.9. The Kier molecular flexibility index (Phi) is 3.74. The predicted octanol–water partition coefficient (Wildman–Crippen LogP) is 4.31. The molecule has 0 aliphatic heterocycles. The third kappa shape index (κ3) is 3.27. The van der Waals surface area contributed by atoms with Gasteiger partial charge in [0.15, 0.2) is 11.6 Å². The standard InChI is InChI=1S/C13H9BrF2O/c14-10-3-1-9(2-4-10)8-17-13-6-5-11(15)7-12(13)16/h1-7H,8H2. The highest BCUT2D eigenvalue weighted by Crippen LogP contribution is 2.19. The second-order valence-electron chi connectivity index (χ2n) is 3.49. The molecule has 0 amide bonds. The molecule has 0 atom stereocenters. The van der Waals surface area contributed by atoms with Gasteiger partial charge in [-0.2, -0.15) is 0 Å². The van der Waals surface area contributed by atoms with Crippen LogP contribution in [0.5, 0.6) is 5.75 Å². The molecule has 88 valence electrons. The number of hydrogen-bond acceptors (Lipinski definition) is 1. The van der Waals surface area contributed by atoms with Crippen LogP contribution in [0.3, 0.4) is 0 Å². The fraction of sp³-hybridized carbons (Fsp3) is 0.0769. The molecule has 0 saturated heterocycles. The summed E-state index contributed by atoms with van der Waals surface area (Å²) in [5.41, 5.74) is 0.914. The quantitative estimate of drug-likeness (QED) is 0.820. The Morgan fingerprint density at radius 3 is 2.35 bits per heavy atom. The van der Waals surface area contributed by atoms with Crippen LogP contribution in [0, 0.1) is 11.6 Å². The van der Waals surface area contributed by atoms with Crippen LogP contribution in [0.25, 0.3) is 0 Å². The van der Waals surface area contributed by atoms with Crippen molar-refractivity contribution in [2.75, 3.05) is 0 Å². The number of hydrogen-bond donors (Lipinski definition) is 0. The first-order chi connectivity index (χ1) is 8.15. The van der Waals surface area contributed by atoms with Gasteiger partial charge in [-0.25, -0.2) is 8.78 Å². The van der Waals surface area contributed by atoms with Gasteiger partial charge >= 0.3 is 0 Å². The van der Waals surface area contributed by atoms with Crippen LogP contribution >= 0.6 is 15.9 Å². The van der Waals surface area contributed by atoms with E-state index in [0.29, 0.717) is 0 Å². The lowest BCUT2D eigenvalue weighted by molar-refractivity contribution is 0.289. The van der Waals surface area contributed by atoms with Crippen LogP contribution in [-0.4, -0.2) is 0 Å². The molecule has 2 rings (SSSR count). The Morgan fingerprint density at radius 1 is 1.00 bits per heavy atom. The van der Waals surface area contributed by atoms with E-state index in [1.54, 1.807) is 0 Å². The van der Waals surface area contributed by atoms with Crippen LogP contribution < -0.4 is 4.74 Å². The molecule has 2 aromatic rings. The third-order valence-corrected chi connectivity index (χ3v) is 2.73. The molecule has 4 heteroatoms. The molecule has 0 aromatic heterocycles. The minimum absolute atomic E-state index is 0.0503. The molecule has 0 bridgehead atoms. The largest absolute Gasteiger partial charge is 0.486 e. The fourth-order valence-corrected chi connectivity index (χ4v) is 1.60. The summed E-state index contributed by atoms with van der Waals surface area (Å²) in [5, 5.41) is 0. The fourth-order valence-electron chi connectivity index (χ4n) is 1.33. The molecule has 0 heterocycles. The SMILES string of the molecule is Fc1ccc(OCc2ccc(Br)cc2)c(F)c1. The first-order valence-electron chi connectivity index (χ1n) is 4.97. The molecule has 0 radical (unpaired) electrons. The van der Waals surface area contributed by atoms with Crippen LogP contribution in [0.2, 0.25) is 0 Å². The van der Waals surface area contributed by atoms with Crippen LogP contribution in [0.4, 0.5) is 8.78 Å². The Balaban J connectivity index is 2.04. The first-order valence-corrected chi connectivity index (χ1v) is 5.77. The Hall–Kier alpha value is -1.42. The number of halogens is 3. The van der Waals surface area contributed by atoms with E-state index in [2.05, 4.69) is 15.9 Å². The molecule has 0 fully saturated rings. The van der Waals surface area contributed by atoms with Gasteiger partial charge < -0.3 is 4.74 Å². The van der Waals surface area contributed by atoms with Crippen LogP contribution in [-0.2, 0) is 6.61 Å².